The fourth-order valence-corrected chi connectivity index (χ4v) is 0.739. The molecule has 0 saturated heterocycles. The second kappa shape index (κ2) is 7.62. The summed E-state index contributed by atoms with van der Waals surface area (Å²) >= 11 is 0. The van der Waals surface area contributed by atoms with Gasteiger partial charge in [0.25, 0.3) is 0 Å². The minimum absolute atomic E-state index is 0.220. The van der Waals surface area contributed by atoms with E-state index in [2.05, 4.69) is 42.6 Å². The largest absolute Gasteiger partial charge is 0.449 e. The van der Waals surface area contributed by atoms with Crippen LogP contribution in [0.5, 0.6) is 0 Å². The van der Waals surface area contributed by atoms with Crippen LogP contribution in [0.15, 0.2) is 22.0 Å². The van der Waals surface area contributed by atoms with Crippen LogP contribution in [0, 0.1) is 11.8 Å². The third-order valence-electron chi connectivity index (χ3n) is 2.23. The number of nitrogens with zero attached hydrogens (tertiary/aromatic N) is 2. The maximum absolute atomic E-state index is 11.3. The topological polar surface area (TPSA) is 63.0 Å². The van der Waals surface area contributed by atoms with Gasteiger partial charge in [0, 0.05) is 0 Å². The molecule has 0 rings (SSSR count). The lowest BCUT2D eigenvalue weighted by Crippen LogP contribution is -2.25. The maximum Gasteiger partial charge on any atom is 0.412 e. The predicted octanol–water partition coefficient (Wildman–Crippen LogP) is 2.20. The van der Waals surface area contributed by atoms with Gasteiger partial charge in [0.2, 0.25) is 0 Å². The monoisotopic (exact) mass is 225 g/mol. The molecule has 0 aromatic heterocycles. The zero-order chi connectivity index (χ0) is 12.6. The van der Waals surface area contributed by atoms with Gasteiger partial charge in [0.15, 0.2) is 5.82 Å². The summed E-state index contributed by atoms with van der Waals surface area (Å²) in [6.45, 7) is 13.1. The Morgan fingerprint density at radius 2 is 2.06 bits per heavy atom. The van der Waals surface area contributed by atoms with Gasteiger partial charge in [-0.3, -0.25) is 10.3 Å². The van der Waals surface area contributed by atoms with Crippen LogP contribution >= 0.6 is 0 Å². The Hall–Kier alpha value is -1.65. The van der Waals surface area contributed by atoms with E-state index >= 15 is 0 Å². The molecule has 1 atom stereocenters. The molecule has 0 aromatic carbocycles. The Morgan fingerprint density at radius 1 is 1.44 bits per heavy atom. The summed E-state index contributed by atoms with van der Waals surface area (Å²) in [6, 6.07) is 0. The summed E-state index contributed by atoms with van der Waals surface area (Å²) in [5, 5.41) is 2.40. The van der Waals surface area contributed by atoms with E-state index < -0.39 is 6.09 Å². The van der Waals surface area contributed by atoms with Gasteiger partial charge >= 0.3 is 6.09 Å². The number of aliphatic imine (C=N–C) groups is 2. The molecule has 5 nitrogen and oxygen atoms in total. The van der Waals surface area contributed by atoms with E-state index in [9.17, 15) is 4.79 Å². The zero-order valence-electron chi connectivity index (χ0n) is 10.1. The van der Waals surface area contributed by atoms with Crippen LogP contribution in [0.4, 0.5) is 4.79 Å². The van der Waals surface area contributed by atoms with Crippen molar-refractivity contribution >= 4 is 19.5 Å². The molecule has 0 heterocycles. The Kier molecular flexibility index (Phi) is 6.83. The van der Waals surface area contributed by atoms with Crippen molar-refractivity contribution in [1.82, 2.24) is 5.32 Å². The van der Waals surface area contributed by atoms with Crippen molar-refractivity contribution in [3.8, 4) is 0 Å². The average molecular weight is 225 g/mol. The van der Waals surface area contributed by atoms with Crippen LogP contribution in [0.2, 0.25) is 0 Å². The summed E-state index contributed by atoms with van der Waals surface area (Å²) < 4.78 is 5.00. The zero-order valence-corrected chi connectivity index (χ0v) is 10.1. The first-order chi connectivity index (χ1) is 7.51. The molecule has 1 N–H and O–H groups in total. The van der Waals surface area contributed by atoms with Crippen LogP contribution in [-0.2, 0) is 4.74 Å². The van der Waals surface area contributed by atoms with Gasteiger partial charge in [-0.1, -0.05) is 20.8 Å². The quantitative estimate of drug-likeness (QED) is 0.704. The third-order valence-corrected chi connectivity index (χ3v) is 2.23. The van der Waals surface area contributed by atoms with E-state index in [4.69, 9.17) is 4.74 Å². The van der Waals surface area contributed by atoms with Crippen LogP contribution < -0.4 is 5.32 Å². The third kappa shape index (κ3) is 5.95. The molecule has 0 fully saturated rings. The molecule has 0 saturated carbocycles. The van der Waals surface area contributed by atoms with E-state index in [-0.39, 0.29) is 5.82 Å². The van der Waals surface area contributed by atoms with Gasteiger partial charge < -0.3 is 4.74 Å². The number of carbonyl (C=O) groups is 1. The van der Waals surface area contributed by atoms with Gasteiger partial charge in [-0.25, -0.2) is 9.79 Å². The van der Waals surface area contributed by atoms with Crippen LogP contribution in [0.1, 0.15) is 20.8 Å². The highest BCUT2D eigenvalue weighted by Gasteiger charge is 2.10. The Balaban J connectivity index is 4.04. The van der Waals surface area contributed by atoms with E-state index in [1.54, 1.807) is 0 Å². The summed E-state index contributed by atoms with van der Waals surface area (Å²) in [7, 11) is 0. The first kappa shape index (κ1) is 14.3. The van der Waals surface area contributed by atoms with Crippen molar-refractivity contribution in [3.63, 3.8) is 0 Å². The van der Waals surface area contributed by atoms with Gasteiger partial charge in [0.1, 0.15) is 0 Å². The number of hydrogen-bond acceptors (Lipinski definition) is 4. The molecule has 0 unspecified atom stereocenters. The SMILES string of the molecule is C=N/C=C(\N=C)NC(=O)OC[C@@H](C)C(C)C. The Labute approximate surface area is 96.3 Å². The highest BCUT2D eigenvalue weighted by Crippen LogP contribution is 2.09. The highest BCUT2D eigenvalue weighted by atomic mass is 16.5. The number of rotatable bonds is 6. The number of alkyl carbamates (subject to hydrolysis) is 1. The van der Waals surface area contributed by atoms with E-state index in [1.165, 1.54) is 6.20 Å². The number of amides is 1. The van der Waals surface area contributed by atoms with Crippen molar-refractivity contribution in [1.29, 1.82) is 0 Å². The van der Waals surface area contributed by atoms with Gasteiger partial charge in [-0.15, -0.1) is 0 Å². The number of carbonyl (C=O) groups excluding carboxylic acids is 1. The minimum atomic E-state index is -0.560. The fourth-order valence-electron chi connectivity index (χ4n) is 0.739. The molecular weight excluding hydrogens is 206 g/mol. The standard InChI is InChI=1S/C11H19N3O2/c1-8(2)9(3)7-16-11(15)14-10(13-5)6-12-4/h6,8-9H,4-5,7H2,1-3H3,(H,14,15)/b10-6+/t9-/m1/s1. The van der Waals surface area contributed by atoms with Crippen molar-refractivity contribution in [2.45, 2.75) is 20.8 Å². The summed E-state index contributed by atoms with van der Waals surface area (Å²) in [4.78, 5) is 18.3. The van der Waals surface area contributed by atoms with Gasteiger partial charge in [-0.05, 0) is 25.3 Å². The van der Waals surface area contributed by atoms with Gasteiger partial charge in [0.05, 0.1) is 12.8 Å². The molecule has 0 aliphatic heterocycles. The number of hydrogen-bond donors (Lipinski definition) is 1. The molecule has 1 amide bonds. The molecule has 5 heteroatoms. The second-order valence-corrected chi connectivity index (χ2v) is 3.80. The molecule has 0 spiro atoms. The minimum Gasteiger partial charge on any atom is -0.449 e. The normalized spacial score (nSPS) is 13.1. The van der Waals surface area contributed by atoms with Crippen molar-refractivity contribution < 1.29 is 9.53 Å². The molecular formula is C11H19N3O2. The first-order valence-electron chi connectivity index (χ1n) is 5.07. The second-order valence-electron chi connectivity index (χ2n) is 3.80. The maximum atomic E-state index is 11.3. The fraction of sp³-hybridized carbons (Fsp3) is 0.545. The molecule has 0 aliphatic rings. The van der Waals surface area contributed by atoms with Crippen LogP contribution in [0.25, 0.3) is 0 Å². The smallest absolute Gasteiger partial charge is 0.412 e. The van der Waals surface area contributed by atoms with Crippen molar-refractivity contribution in [3.05, 3.63) is 12.0 Å². The molecule has 0 aromatic rings. The lowest BCUT2D eigenvalue weighted by Gasteiger charge is -2.15. The van der Waals surface area contributed by atoms with E-state index in [0.717, 1.165) is 0 Å². The van der Waals surface area contributed by atoms with Crippen LogP contribution in [-0.4, -0.2) is 26.1 Å². The first-order valence-corrected chi connectivity index (χ1v) is 5.07. The molecule has 0 aliphatic carbocycles. The lowest BCUT2D eigenvalue weighted by atomic mass is 10.00. The summed E-state index contributed by atoms with van der Waals surface area (Å²) in [5.74, 6) is 1.000. The summed E-state index contributed by atoms with van der Waals surface area (Å²) in [6.07, 6.45) is 0.731. The summed E-state index contributed by atoms with van der Waals surface area (Å²) in [5.41, 5.74) is 0. The average Bonchev–Trinajstić information content (AvgIpc) is 2.24. The predicted molar refractivity (Wildman–Crippen MR) is 65.7 cm³/mol. The van der Waals surface area contributed by atoms with E-state index in [0.29, 0.717) is 18.4 Å². The van der Waals surface area contributed by atoms with Gasteiger partial charge in [-0.2, -0.15) is 0 Å². The molecule has 16 heavy (non-hydrogen) atoms. The molecule has 0 bridgehead atoms. The van der Waals surface area contributed by atoms with Crippen LogP contribution in [0.3, 0.4) is 0 Å². The van der Waals surface area contributed by atoms with Crippen molar-refractivity contribution in [2.75, 3.05) is 6.61 Å². The number of ether oxygens (including phenoxy) is 1. The molecule has 0 radical (unpaired) electrons. The Morgan fingerprint density at radius 3 is 2.50 bits per heavy atom. The highest BCUT2D eigenvalue weighted by molar-refractivity contribution is 5.69. The van der Waals surface area contributed by atoms with Crippen molar-refractivity contribution in [2.24, 2.45) is 21.8 Å². The Bertz CT molecular complexity index is 285. The number of nitrogens with one attached hydrogen (secondary N) is 1. The lowest BCUT2D eigenvalue weighted by molar-refractivity contribution is 0.122. The molecule has 90 valence electrons. The van der Waals surface area contributed by atoms with E-state index in [1.807, 2.05) is 6.92 Å².